The quantitative estimate of drug-likeness (QED) is 0.580. The second-order valence-corrected chi connectivity index (χ2v) is 9.86. The number of aromatic nitrogens is 1. The highest BCUT2D eigenvalue weighted by Gasteiger charge is 2.29. The van der Waals surface area contributed by atoms with Crippen LogP contribution in [0.1, 0.15) is 50.5 Å². The Bertz CT molecular complexity index is 1210. The van der Waals surface area contributed by atoms with Crippen LogP contribution >= 0.6 is 0 Å². The number of anilines is 3. The number of allylic oxidation sites excluding steroid dienone is 4. The lowest BCUT2D eigenvalue weighted by Gasteiger charge is -2.35. The number of rotatable bonds is 5. The van der Waals surface area contributed by atoms with Gasteiger partial charge in [-0.05, 0) is 74.4 Å². The van der Waals surface area contributed by atoms with Crippen LogP contribution < -0.4 is 20.3 Å². The molecule has 0 fully saturated rings. The molecule has 1 aromatic heterocycles. The molecule has 3 atom stereocenters. The minimum absolute atomic E-state index is 0.133. The van der Waals surface area contributed by atoms with Crippen LogP contribution in [0.3, 0.4) is 0 Å². The molecule has 0 bridgehead atoms. The minimum Gasteiger partial charge on any atom is -0.487 e. The van der Waals surface area contributed by atoms with Gasteiger partial charge in [0.1, 0.15) is 11.9 Å². The number of hydrogen-bond donors (Lipinski definition) is 3. The number of ether oxygens (including phenoxy) is 1. The van der Waals surface area contributed by atoms with E-state index in [4.69, 9.17) is 4.74 Å². The second kappa shape index (κ2) is 8.51. The van der Waals surface area contributed by atoms with Crippen molar-refractivity contribution in [1.82, 2.24) is 10.3 Å². The van der Waals surface area contributed by atoms with E-state index in [-0.39, 0.29) is 6.10 Å². The first-order valence-electron chi connectivity index (χ1n) is 12.4. The number of fused-ring (bicyclic) bond motifs is 3. The van der Waals surface area contributed by atoms with Gasteiger partial charge < -0.3 is 25.4 Å². The highest BCUT2D eigenvalue weighted by molar-refractivity contribution is 5.71. The van der Waals surface area contributed by atoms with Gasteiger partial charge >= 0.3 is 0 Å². The number of nitrogens with one attached hydrogen (secondary N) is 2. The van der Waals surface area contributed by atoms with Crippen LogP contribution in [0.15, 0.2) is 65.7 Å². The van der Waals surface area contributed by atoms with Crippen LogP contribution in [-0.2, 0) is 6.42 Å². The minimum atomic E-state index is -0.455. The summed E-state index contributed by atoms with van der Waals surface area (Å²) in [6.07, 6.45) is 11.9. The molecular formula is C28H32N4O2. The Morgan fingerprint density at radius 1 is 1.29 bits per heavy atom. The van der Waals surface area contributed by atoms with Crippen molar-refractivity contribution in [2.75, 3.05) is 23.3 Å². The average Bonchev–Trinajstić information content (AvgIpc) is 3.42. The molecule has 176 valence electrons. The molecule has 3 heterocycles. The van der Waals surface area contributed by atoms with Gasteiger partial charge in [-0.1, -0.05) is 12.2 Å². The molecular weight excluding hydrogens is 424 g/mol. The summed E-state index contributed by atoms with van der Waals surface area (Å²) in [5, 5.41) is 17.2. The van der Waals surface area contributed by atoms with Crippen LogP contribution in [0.25, 0.3) is 0 Å². The van der Waals surface area contributed by atoms with Crippen molar-refractivity contribution in [2.24, 2.45) is 5.92 Å². The topological polar surface area (TPSA) is 69.7 Å². The first kappa shape index (κ1) is 21.3. The Morgan fingerprint density at radius 3 is 3.12 bits per heavy atom. The highest BCUT2D eigenvalue weighted by Crippen LogP contribution is 2.40. The fourth-order valence-electron chi connectivity index (χ4n) is 5.77. The predicted molar refractivity (Wildman–Crippen MR) is 135 cm³/mol. The van der Waals surface area contributed by atoms with E-state index in [9.17, 15) is 5.11 Å². The van der Waals surface area contributed by atoms with E-state index in [1.54, 1.807) is 6.20 Å². The fraction of sp³-hybridized carbons (Fsp3) is 0.393. The Labute approximate surface area is 201 Å². The molecule has 3 unspecified atom stereocenters. The molecule has 3 N–H and O–H groups in total. The molecule has 0 amide bonds. The summed E-state index contributed by atoms with van der Waals surface area (Å²) in [5.74, 6) is 1.43. The molecule has 0 spiro atoms. The maximum absolute atomic E-state index is 10.2. The highest BCUT2D eigenvalue weighted by atomic mass is 16.5. The summed E-state index contributed by atoms with van der Waals surface area (Å²) in [7, 11) is 0. The first-order chi connectivity index (χ1) is 16.6. The lowest BCUT2D eigenvalue weighted by atomic mass is 9.87. The third-order valence-electron chi connectivity index (χ3n) is 7.50. The van der Waals surface area contributed by atoms with Crippen molar-refractivity contribution in [3.8, 4) is 5.75 Å². The van der Waals surface area contributed by atoms with Crippen molar-refractivity contribution >= 4 is 17.1 Å². The second-order valence-electron chi connectivity index (χ2n) is 9.86. The molecule has 0 saturated carbocycles. The molecule has 0 radical (unpaired) electrons. The Hall–Kier alpha value is -3.25. The van der Waals surface area contributed by atoms with Gasteiger partial charge in [0.2, 0.25) is 0 Å². The molecule has 0 saturated heterocycles. The van der Waals surface area contributed by atoms with Crippen LogP contribution in [0.5, 0.6) is 5.75 Å². The summed E-state index contributed by atoms with van der Waals surface area (Å²) in [4.78, 5) is 6.84. The lowest BCUT2D eigenvalue weighted by Crippen LogP contribution is -2.39. The fourth-order valence-corrected chi connectivity index (χ4v) is 5.77. The SMILES string of the molecule is CC1=C2NC=C(CCN3CC(C)Oc4cc(Nc5ccnc6c5CCC6O)ccc43)C2CC=C1. The molecule has 34 heavy (non-hydrogen) atoms. The summed E-state index contributed by atoms with van der Waals surface area (Å²) >= 11 is 0. The Balaban J connectivity index is 1.19. The van der Waals surface area contributed by atoms with Gasteiger partial charge in [0.05, 0.1) is 24.0 Å². The zero-order valence-electron chi connectivity index (χ0n) is 19.8. The number of pyridine rings is 1. The van der Waals surface area contributed by atoms with Gasteiger partial charge in [-0.2, -0.15) is 0 Å². The van der Waals surface area contributed by atoms with Gasteiger partial charge in [0.15, 0.2) is 0 Å². The van der Waals surface area contributed by atoms with Crippen LogP contribution in [0.4, 0.5) is 17.1 Å². The van der Waals surface area contributed by atoms with E-state index in [1.807, 2.05) is 6.07 Å². The number of nitrogens with zero attached hydrogens (tertiary/aromatic N) is 2. The molecule has 6 rings (SSSR count). The van der Waals surface area contributed by atoms with Gasteiger partial charge in [0.25, 0.3) is 0 Å². The molecule has 2 aliphatic heterocycles. The van der Waals surface area contributed by atoms with E-state index < -0.39 is 6.10 Å². The van der Waals surface area contributed by atoms with Crippen LogP contribution in [0, 0.1) is 5.92 Å². The molecule has 2 aliphatic carbocycles. The van der Waals surface area contributed by atoms with Crippen molar-refractivity contribution in [3.05, 3.63) is 76.9 Å². The van der Waals surface area contributed by atoms with Gasteiger partial charge in [0, 0.05) is 48.0 Å². The first-order valence-corrected chi connectivity index (χ1v) is 12.4. The van der Waals surface area contributed by atoms with E-state index in [2.05, 4.69) is 70.9 Å². The third-order valence-corrected chi connectivity index (χ3v) is 7.50. The van der Waals surface area contributed by atoms with Gasteiger partial charge in [-0.3, -0.25) is 4.98 Å². The third kappa shape index (κ3) is 3.76. The normalized spacial score (nSPS) is 24.7. The molecule has 4 aliphatic rings. The van der Waals surface area contributed by atoms with Gasteiger partial charge in [-0.25, -0.2) is 0 Å². The van der Waals surface area contributed by atoms with Crippen LogP contribution in [-0.4, -0.2) is 29.3 Å². The van der Waals surface area contributed by atoms with Crippen molar-refractivity contribution in [3.63, 3.8) is 0 Å². The average molecular weight is 457 g/mol. The Morgan fingerprint density at radius 2 is 2.21 bits per heavy atom. The largest absolute Gasteiger partial charge is 0.487 e. The number of hydrogen-bond acceptors (Lipinski definition) is 6. The molecule has 2 aromatic rings. The van der Waals surface area contributed by atoms with Crippen molar-refractivity contribution in [1.29, 1.82) is 0 Å². The van der Waals surface area contributed by atoms with Crippen LogP contribution in [0.2, 0.25) is 0 Å². The van der Waals surface area contributed by atoms with Gasteiger partial charge in [-0.15, -0.1) is 0 Å². The van der Waals surface area contributed by atoms with Crippen molar-refractivity contribution < 1.29 is 9.84 Å². The smallest absolute Gasteiger partial charge is 0.145 e. The van der Waals surface area contributed by atoms with E-state index in [0.29, 0.717) is 5.92 Å². The summed E-state index contributed by atoms with van der Waals surface area (Å²) in [6, 6.07) is 8.37. The zero-order valence-corrected chi connectivity index (χ0v) is 19.8. The Kier molecular flexibility index (Phi) is 5.33. The summed E-state index contributed by atoms with van der Waals surface area (Å²) in [5.41, 5.74) is 9.29. The number of benzene rings is 1. The monoisotopic (exact) mass is 456 g/mol. The molecule has 6 heteroatoms. The maximum atomic E-state index is 10.2. The standard InChI is InChI=1S/C28H32N4O2/c1-17-4-3-5-21-19(15-30-27(17)21)11-13-32-16-18(2)34-26-14-20(6-8-24(26)32)31-23-10-12-29-28-22(23)7-9-25(28)33/h3-4,6,8,10,12,14-15,18,21,25,30,33H,5,7,9,11,13,16H2,1-2H3,(H,29,31). The number of aliphatic hydroxyl groups excluding tert-OH is 1. The predicted octanol–water partition coefficient (Wildman–Crippen LogP) is 5.12. The number of aliphatic hydroxyl groups is 1. The lowest BCUT2D eigenvalue weighted by molar-refractivity contribution is 0.176. The maximum Gasteiger partial charge on any atom is 0.145 e. The molecule has 6 nitrogen and oxygen atoms in total. The van der Waals surface area contributed by atoms with E-state index >= 15 is 0 Å². The van der Waals surface area contributed by atoms with E-state index in [0.717, 1.165) is 72.8 Å². The zero-order chi connectivity index (χ0) is 23.2. The molecule has 1 aromatic carbocycles. The van der Waals surface area contributed by atoms with E-state index in [1.165, 1.54) is 16.8 Å². The van der Waals surface area contributed by atoms with Crippen molar-refractivity contribution in [2.45, 2.75) is 51.7 Å². The summed E-state index contributed by atoms with van der Waals surface area (Å²) in [6.45, 7) is 6.20. The summed E-state index contributed by atoms with van der Waals surface area (Å²) < 4.78 is 6.24.